The fourth-order valence-electron chi connectivity index (χ4n) is 3.45. The molecule has 1 amide bonds. The van der Waals surface area contributed by atoms with E-state index in [9.17, 15) is 9.59 Å². The fraction of sp³-hybridized carbons (Fsp3) is 0.148. The van der Waals surface area contributed by atoms with Crippen LogP contribution in [-0.4, -0.2) is 16.9 Å². The number of benzene rings is 3. The number of aryl methyl sites for hydroxylation is 1. The van der Waals surface area contributed by atoms with Crippen molar-refractivity contribution in [3.63, 3.8) is 0 Å². The Morgan fingerprint density at radius 3 is 2.48 bits per heavy atom. The van der Waals surface area contributed by atoms with E-state index in [2.05, 4.69) is 10.3 Å². The van der Waals surface area contributed by atoms with Gasteiger partial charge in [0.2, 0.25) is 5.91 Å². The Bertz CT molecular complexity index is 1250. The summed E-state index contributed by atoms with van der Waals surface area (Å²) in [5.41, 5.74) is 5.03. The number of carbonyl (C=O) groups excluding carboxylic acids is 2. The number of hydrogen-bond acceptors (Lipinski definition) is 5. The van der Waals surface area contributed by atoms with Crippen LogP contribution in [0.4, 0.5) is 5.69 Å². The van der Waals surface area contributed by atoms with Crippen LogP contribution in [0.2, 0.25) is 0 Å². The molecule has 4 rings (SSSR count). The minimum absolute atomic E-state index is 0.0639. The van der Waals surface area contributed by atoms with Gasteiger partial charge in [-0.1, -0.05) is 66.7 Å². The lowest BCUT2D eigenvalue weighted by molar-refractivity contribution is -0.115. The minimum Gasteiger partial charge on any atom is -0.456 e. The van der Waals surface area contributed by atoms with Gasteiger partial charge in [0, 0.05) is 11.1 Å². The molecule has 4 aromatic rings. The number of hydrogen-bond donors (Lipinski definition) is 1. The summed E-state index contributed by atoms with van der Waals surface area (Å²) in [6, 6.07) is 25.1. The summed E-state index contributed by atoms with van der Waals surface area (Å²) in [6.45, 7) is 2.01. The summed E-state index contributed by atoms with van der Waals surface area (Å²) < 4.78 is 5.53. The molecule has 0 radical (unpaired) electrons. The molecule has 1 N–H and O–H groups in total. The number of nitrogens with one attached hydrogen (secondary N) is 1. The van der Waals surface area contributed by atoms with E-state index in [4.69, 9.17) is 4.74 Å². The Kier molecular flexibility index (Phi) is 7.27. The Hall–Kier alpha value is -3.77. The van der Waals surface area contributed by atoms with E-state index >= 15 is 0 Å². The van der Waals surface area contributed by atoms with Gasteiger partial charge in [0.25, 0.3) is 0 Å². The standard InChI is InChI=1S/C27H24N2O3S/c1-19-9-5-8-14-24(19)29-25(30)16-26-28-22(18-33-26)17-32-27(31)23-13-7-6-12-21(23)15-20-10-3-2-4-11-20/h2-14,18H,15-17H2,1H3,(H,29,30). The van der Waals surface area contributed by atoms with E-state index in [1.807, 2.05) is 85.1 Å². The summed E-state index contributed by atoms with van der Waals surface area (Å²) in [5, 5.41) is 5.40. The van der Waals surface area contributed by atoms with Crippen LogP contribution in [0, 0.1) is 6.92 Å². The number of anilines is 1. The van der Waals surface area contributed by atoms with Gasteiger partial charge in [0.15, 0.2) is 0 Å². The van der Waals surface area contributed by atoms with Crippen molar-refractivity contribution in [1.82, 2.24) is 4.98 Å². The number of para-hydroxylation sites is 1. The van der Waals surface area contributed by atoms with Gasteiger partial charge in [-0.3, -0.25) is 4.79 Å². The maximum Gasteiger partial charge on any atom is 0.338 e. The van der Waals surface area contributed by atoms with E-state index in [1.165, 1.54) is 11.3 Å². The number of nitrogens with zero attached hydrogens (tertiary/aromatic N) is 1. The monoisotopic (exact) mass is 456 g/mol. The molecular weight excluding hydrogens is 432 g/mol. The van der Waals surface area contributed by atoms with E-state index in [0.29, 0.717) is 22.7 Å². The molecule has 0 aliphatic rings. The van der Waals surface area contributed by atoms with Crippen molar-refractivity contribution in [3.8, 4) is 0 Å². The van der Waals surface area contributed by atoms with Crippen molar-refractivity contribution >= 4 is 28.9 Å². The average Bonchev–Trinajstić information content (AvgIpc) is 3.27. The second kappa shape index (κ2) is 10.7. The van der Waals surface area contributed by atoms with Gasteiger partial charge in [-0.15, -0.1) is 11.3 Å². The third-order valence-electron chi connectivity index (χ3n) is 5.16. The van der Waals surface area contributed by atoms with Gasteiger partial charge in [0.1, 0.15) is 11.6 Å². The molecule has 3 aromatic carbocycles. The van der Waals surface area contributed by atoms with Gasteiger partial charge < -0.3 is 10.1 Å². The van der Waals surface area contributed by atoms with E-state index < -0.39 is 0 Å². The third kappa shape index (κ3) is 6.14. The number of ether oxygens (including phenoxy) is 1. The highest BCUT2D eigenvalue weighted by Gasteiger charge is 2.15. The molecule has 0 saturated carbocycles. The zero-order valence-electron chi connectivity index (χ0n) is 18.3. The van der Waals surface area contributed by atoms with Crippen molar-refractivity contribution in [1.29, 1.82) is 0 Å². The van der Waals surface area contributed by atoms with Crippen molar-refractivity contribution in [2.24, 2.45) is 0 Å². The molecule has 0 fully saturated rings. The van der Waals surface area contributed by atoms with Gasteiger partial charge in [-0.25, -0.2) is 9.78 Å². The first-order valence-corrected chi connectivity index (χ1v) is 11.5. The first-order chi connectivity index (χ1) is 16.1. The molecule has 0 aliphatic heterocycles. The zero-order valence-corrected chi connectivity index (χ0v) is 19.1. The normalized spacial score (nSPS) is 10.6. The molecule has 6 heteroatoms. The topological polar surface area (TPSA) is 68.3 Å². The van der Waals surface area contributed by atoms with E-state index in [0.717, 1.165) is 22.4 Å². The van der Waals surface area contributed by atoms with Crippen LogP contribution in [0.15, 0.2) is 84.2 Å². The lowest BCUT2D eigenvalue weighted by Gasteiger charge is -2.09. The number of thiazole rings is 1. The molecule has 33 heavy (non-hydrogen) atoms. The Morgan fingerprint density at radius 1 is 0.939 bits per heavy atom. The molecule has 0 spiro atoms. The Labute approximate surface area is 197 Å². The van der Waals surface area contributed by atoms with Crippen molar-refractivity contribution < 1.29 is 14.3 Å². The third-order valence-corrected chi connectivity index (χ3v) is 6.05. The number of aromatic nitrogens is 1. The molecule has 0 aliphatic carbocycles. The highest BCUT2D eigenvalue weighted by atomic mass is 32.1. The second-order valence-corrected chi connectivity index (χ2v) is 8.61. The molecule has 0 atom stereocenters. The lowest BCUT2D eigenvalue weighted by Crippen LogP contribution is -2.15. The first-order valence-electron chi connectivity index (χ1n) is 10.7. The average molecular weight is 457 g/mol. The smallest absolute Gasteiger partial charge is 0.338 e. The Morgan fingerprint density at radius 2 is 1.67 bits per heavy atom. The molecule has 0 bridgehead atoms. The van der Waals surface area contributed by atoms with Crippen molar-refractivity contribution in [3.05, 3.63) is 117 Å². The van der Waals surface area contributed by atoms with Crippen LogP contribution in [0.25, 0.3) is 0 Å². The van der Waals surface area contributed by atoms with Crippen LogP contribution in [0.5, 0.6) is 0 Å². The second-order valence-electron chi connectivity index (χ2n) is 7.67. The summed E-state index contributed by atoms with van der Waals surface area (Å²) in [7, 11) is 0. The predicted molar refractivity (Wildman–Crippen MR) is 130 cm³/mol. The van der Waals surface area contributed by atoms with Crippen LogP contribution in [0.1, 0.15) is 37.7 Å². The van der Waals surface area contributed by atoms with Crippen molar-refractivity contribution in [2.75, 3.05) is 5.32 Å². The maximum atomic E-state index is 12.7. The highest BCUT2D eigenvalue weighted by Crippen LogP contribution is 2.18. The van der Waals surface area contributed by atoms with Gasteiger partial charge in [-0.2, -0.15) is 0 Å². The number of carbonyl (C=O) groups is 2. The van der Waals surface area contributed by atoms with Crippen LogP contribution in [-0.2, 0) is 29.0 Å². The van der Waals surface area contributed by atoms with E-state index in [-0.39, 0.29) is 24.9 Å². The number of rotatable bonds is 8. The molecule has 0 unspecified atom stereocenters. The molecule has 0 saturated heterocycles. The molecule has 5 nitrogen and oxygen atoms in total. The summed E-state index contributed by atoms with van der Waals surface area (Å²) in [4.78, 5) is 29.5. The fourth-order valence-corrected chi connectivity index (χ4v) is 4.23. The number of amides is 1. The van der Waals surface area contributed by atoms with Crippen LogP contribution in [0.3, 0.4) is 0 Å². The zero-order chi connectivity index (χ0) is 23.0. The van der Waals surface area contributed by atoms with Gasteiger partial charge in [0.05, 0.1) is 17.7 Å². The quantitative estimate of drug-likeness (QED) is 0.352. The largest absolute Gasteiger partial charge is 0.456 e. The Balaban J connectivity index is 1.34. The number of esters is 1. The molecule has 1 heterocycles. The molecule has 1 aromatic heterocycles. The van der Waals surface area contributed by atoms with Gasteiger partial charge >= 0.3 is 5.97 Å². The van der Waals surface area contributed by atoms with Gasteiger partial charge in [-0.05, 0) is 42.2 Å². The summed E-state index contributed by atoms with van der Waals surface area (Å²) in [5.74, 6) is -0.509. The van der Waals surface area contributed by atoms with Crippen LogP contribution >= 0.6 is 11.3 Å². The van der Waals surface area contributed by atoms with Crippen LogP contribution < -0.4 is 5.32 Å². The minimum atomic E-state index is -0.381. The molecule has 166 valence electrons. The van der Waals surface area contributed by atoms with Crippen molar-refractivity contribution in [2.45, 2.75) is 26.4 Å². The first kappa shape index (κ1) is 22.4. The van der Waals surface area contributed by atoms with E-state index in [1.54, 1.807) is 6.07 Å². The maximum absolute atomic E-state index is 12.7. The lowest BCUT2D eigenvalue weighted by atomic mass is 10.00. The highest BCUT2D eigenvalue weighted by molar-refractivity contribution is 7.09. The summed E-state index contributed by atoms with van der Waals surface area (Å²) >= 11 is 1.38. The predicted octanol–water partition coefficient (Wildman–Crippen LogP) is 5.58. The summed E-state index contributed by atoms with van der Waals surface area (Å²) in [6.07, 6.45) is 0.829. The molecular formula is C27H24N2O3S. The SMILES string of the molecule is Cc1ccccc1NC(=O)Cc1nc(COC(=O)c2ccccc2Cc2ccccc2)cs1.